The quantitative estimate of drug-likeness (QED) is 0.873. The SMILES string of the molecule is CC[C@@H](Oc1ccc(C)cc1C)C(=O)Nc1ccc(OC)cc1. The van der Waals surface area contributed by atoms with Crippen molar-refractivity contribution in [3.8, 4) is 11.5 Å². The maximum Gasteiger partial charge on any atom is 0.265 e. The van der Waals surface area contributed by atoms with Gasteiger partial charge in [-0.05, 0) is 56.2 Å². The number of ether oxygens (including phenoxy) is 2. The maximum atomic E-state index is 12.4. The minimum absolute atomic E-state index is 0.155. The van der Waals surface area contributed by atoms with Gasteiger partial charge in [0.15, 0.2) is 6.10 Å². The normalized spacial score (nSPS) is 11.7. The standard InChI is InChI=1S/C19H23NO3/c1-5-17(23-18-11-6-13(2)12-14(18)3)19(21)20-15-7-9-16(22-4)10-8-15/h6-12,17H,5H2,1-4H3,(H,20,21)/t17-/m1/s1. The van der Waals surface area contributed by atoms with Gasteiger partial charge in [-0.1, -0.05) is 24.6 Å². The van der Waals surface area contributed by atoms with E-state index in [1.54, 1.807) is 19.2 Å². The molecule has 0 bridgehead atoms. The first-order valence-electron chi connectivity index (χ1n) is 7.72. The largest absolute Gasteiger partial charge is 0.497 e. The third-order valence-corrected chi connectivity index (χ3v) is 3.62. The summed E-state index contributed by atoms with van der Waals surface area (Å²) in [5.74, 6) is 1.34. The molecule has 2 rings (SSSR count). The van der Waals surface area contributed by atoms with Crippen LogP contribution in [0.25, 0.3) is 0 Å². The van der Waals surface area contributed by atoms with Gasteiger partial charge in [-0.2, -0.15) is 0 Å². The van der Waals surface area contributed by atoms with Crippen molar-refractivity contribution in [2.75, 3.05) is 12.4 Å². The highest BCUT2D eigenvalue weighted by Crippen LogP contribution is 2.22. The van der Waals surface area contributed by atoms with Crippen LogP contribution in [-0.4, -0.2) is 19.1 Å². The third kappa shape index (κ3) is 4.49. The van der Waals surface area contributed by atoms with Crippen LogP contribution in [-0.2, 0) is 4.79 Å². The van der Waals surface area contributed by atoms with Crippen LogP contribution in [0.4, 0.5) is 5.69 Å². The molecule has 2 aromatic carbocycles. The Labute approximate surface area is 137 Å². The Morgan fingerprint density at radius 1 is 1.13 bits per heavy atom. The van der Waals surface area contributed by atoms with Crippen molar-refractivity contribution in [1.29, 1.82) is 0 Å². The van der Waals surface area contributed by atoms with E-state index < -0.39 is 6.10 Å². The number of anilines is 1. The average molecular weight is 313 g/mol. The van der Waals surface area contributed by atoms with E-state index in [0.29, 0.717) is 6.42 Å². The Kier molecular flexibility index (Phi) is 5.63. The molecule has 23 heavy (non-hydrogen) atoms. The summed E-state index contributed by atoms with van der Waals surface area (Å²) in [6, 6.07) is 13.2. The molecule has 0 unspecified atom stereocenters. The lowest BCUT2D eigenvalue weighted by Crippen LogP contribution is -2.32. The molecule has 2 aromatic rings. The Morgan fingerprint density at radius 2 is 1.83 bits per heavy atom. The van der Waals surface area contributed by atoms with E-state index in [4.69, 9.17) is 9.47 Å². The number of carbonyl (C=O) groups excluding carboxylic acids is 1. The highest BCUT2D eigenvalue weighted by Gasteiger charge is 2.19. The number of hydrogen-bond donors (Lipinski definition) is 1. The highest BCUT2D eigenvalue weighted by atomic mass is 16.5. The summed E-state index contributed by atoms with van der Waals surface area (Å²) in [7, 11) is 1.61. The number of rotatable bonds is 6. The summed E-state index contributed by atoms with van der Waals surface area (Å²) in [5.41, 5.74) is 2.92. The second-order valence-corrected chi connectivity index (χ2v) is 5.50. The molecule has 0 aliphatic rings. The van der Waals surface area contributed by atoms with Crippen molar-refractivity contribution in [2.24, 2.45) is 0 Å². The van der Waals surface area contributed by atoms with Gasteiger partial charge in [-0.25, -0.2) is 0 Å². The monoisotopic (exact) mass is 313 g/mol. The van der Waals surface area contributed by atoms with Crippen LogP contribution >= 0.6 is 0 Å². The molecule has 0 aliphatic heterocycles. The second-order valence-electron chi connectivity index (χ2n) is 5.50. The molecule has 1 amide bonds. The summed E-state index contributed by atoms with van der Waals surface area (Å²) in [4.78, 5) is 12.4. The zero-order valence-corrected chi connectivity index (χ0v) is 14.1. The Balaban J connectivity index is 2.05. The summed E-state index contributed by atoms with van der Waals surface area (Å²) < 4.78 is 11.0. The van der Waals surface area contributed by atoms with Crippen LogP contribution in [0.15, 0.2) is 42.5 Å². The number of aryl methyl sites for hydroxylation is 2. The fourth-order valence-corrected chi connectivity index (χ4v) is 2.30. The lowest BCUT2D eigenvalue weighted by atomic mass is 10.1. The van der Waals surface area contributed by atoms with Gasteiger partial charge in [0.05, 0.1) is 7.11 Å². The first-order valence-corrected chi connectivity index (χ1v) is 7.72. The van der Waals surface area contributed by atoms with E-state index in [1.807, 2.05) is 51.1 Å². The van der Waals surface area contributed by atoms with Crippen LogP contribution in [0.5, 0.6) is 11.5 Å². The molecule has 0 saturated heterocycles. The van der Waals surface area contributed by atoms with E-state index >= 15 is 0 Å². The Bertz CT molecular complexity index is 665. The molecule has 122 valence electrons. The van der Waals surface area contributed by atoms with Crippen molar-refractivity contribution >= 4 is 11.6 Å². The van der Waals surface area contributed by atoms with Gasteiger partial charge in [0.1, 0.15) is 11.5 Å². The molecule has 0 spiro atoms. The Hall–Kier alpha value is -2.49. The molecule has 1 N–H and O–H groups in total. The number of carbonyl (C=O) groups is 1. The molecular weight excluding hydrogens is 290 g/mol. The third-order valence-electron chi connectivity index (χ3n) is 3.62. The molecule has 4 heteroatoms. The zero-order chi connectivity index (χ0) is 16.8. The molecule has 4 nitrogen and oxygen atoms in total. The summed E-state index contributed by atoms with van der Waals surface area (Å²) >= 11 is 0. The molecule has 0 aromatic heterocycles. The van der Waals surface area contributed by atoms with Gasteiger partial charge in [0.25, 0.3) is 5.91 Å². The molecule has 0 radical (unpaired) electrons. The number of amides is 1. The number of nitrogens with one attached hydrogen (secondary N) is 1. The number of benzene rings is 2. The molecule has 0 saturated carbocycles. The van der Waals surface area contributed by atoms with Gasteiger partial charge in [-0.3, -0.25) is 4.79 Å². The molecule has 0 fully saturated rings. The van der Waals surface area contributed by atoms with Crippen LogP contribution in [0.3, 0.4) is 0 Å². The van der Waals surface area contributed by atoms with Crippen molar-refractivity contribution in [3.05, 3.63) is 53.6 Å². The van der Waals surface area contributed by atoms with Crippen LogP contribution in [0.2, 0.25) is 0 Å². The first kappa shape index (κ1) is 16.9. The van der Waals surface area contributed by atoms with E-state index in [2.05, 4.69) is 5.32 Å². The zero-order valence-electron chi connectivity index (χ0n) is 14.1. The van der Waals surface area contributed by atoms with Gasteiger partial charge in [-0.15, -0.1) is 0 Å². The number of hydrogen-bond acceptors (Lipinski definition) is 3. The summed E-state index contributed by atoms with van der Waals surface area (Å²) in [6.45, 7) is 5.95. The van der Waals surface area contributed by atoms with E-state index in [0.717, 1.165) is 22.7 Å². The van der Waals surface area contributed by atoms with Crippen LogP contribution in [0.1, 0.15) is 24.5 Å². The topological polar surface area (TPSA) is 47.6 Å². The molecule has 0 aliphatic carbocycles. The van der Waals surface area contributed by atoms with Crippen LogP contribution in [0, 0.1) is 13.8 Å². The minimum atomic E-state index is -0.529. The fourth-order valence-electron chi connectivity index (χ4n) is 2.30. The van der Waals surface area contributed by atoms with Crippen molar-refractivity contribution in [1.82, 2.24) is 0 Å². The average Bonchev–Trinajstić information content (AvgIpc) is 2.54. The van der Waals surface area contributed by atoms with Crippen molar-refractivity contribution in [2.45, 2.75) is 33.3 Å². The van der Waals surface area contributed by atoms with Crippen LogP contribution < -0.4 is 14.8 Å². The second kappa shape index (κ2) is 7.68. The van der Waals surface area contributed by atoms with E-state index in [-0.39, 0.29) is 5.91 Å². The summed E-state index contributed by atoms with van der Waals surface area (Å²) in [6.07, 6.45) is 0.0634. The smallest absolute Gasteiger partial charge is 0.265 e. The van der Waals surface area contributed by atoms with Crippen molar-refractivity contribution < 1.29 is 14.3 Å². The van der Waals surface area contributed by atoms with Gasteiger partial charge in [0, 0.05) is 5.69 Å². The van der Waals surface area contributed by atoms with Gasteiger partial charge < -0.3 is 14.8 Å². The lowest BCUT2D eigenvalue weighted by Gasteiger charge is -2.19. The number of methoxy groups -OCH3 is 1. The van der Waals surface area contributed by atoms with E-state index in [9.17, 15) is 4.79 Å². The minimum Gasteiger partial charge on any atom is -0.497 e. The Morgan fingerprint density at radius 3 is 2.39 bits per heavy atom. The predicted molar refractivity (Wildman–Crippen MR) is 92.2 cm³/mol. The van der Waals surface area contributed by atoms with Crippen molar-refractivity contribution in [3.63, 3.8) is 0 Å². The van der Waals surface area contributed by atoms with Gasteiger partial charge in [0.2, 0.25) is 0 Å². The first-order chi connectivity index (χ1) is 11.0. The summed E-state index contributed by atoms with van der Waals surface area (Å²) in [5, 5.41) is 2.88. The molecule has 1 atom stereocenters. The molecular formula is C19H23NO3. The maximum absolute atomic E-state index is 12.4. The highest BCUT2D eigenvalue weighted by molar-refractivity contribution is 5.94. The van der Waals surface area contributed by atoms with E-state index in [1.165, 1.54) is 5.56 Å². The van der Waals surface area contributed by atoms with Gasteiger partial charge >= 0.3 is 0 Å². The molecule has 0 heterocycles. The fraction of sp³-hybridized carbons (Fsp3) is 0.316. The predicted octanol–water partition coefficient (Wildman–Crippen LogP) is 4.11. The lowest BCUT2D eigenvalue weighted by molar-refractivity contribution is -0.122.